The number of esters is 2. The van der Waals surface area contributed by atoms with Gasteiger partial charge in [0.05, 0.1) is 6.61 Å². The van der Waals surface area contributed by atoms with Crippen molar-refractivity contribution in [2.24, 2.45) is 0 Å². The van der Waals surface area contributed by atoms with Crippen LogP contribution in [0.2, 0.25) is 0 Å². The Morgan fingerprint density at radius 2 is 0.923 bits per heavy atom. The van der Waals surface area contributed by atoms with Crippen molar-refractivity contribution >= 4 is 22.1 Å². The normalized spacial score (nSPS) is 19.6. The number of ether oxygens (including phenoxy) is 4. The van der Waals surface area contributed by atoms with Gasteiger partial charge in [-0.3, -0.25) is 14.1 Å². The summed E-state index contributed by atoms with van der Waals surface area (Å²) in [5, 5.41) is 31.0. The van der Waals surface area contributed by atoms with Crippen LogP contribution < -0.4 is 0 Å². The van der Waals surface area contributed by atoms with Gasteiger partial charge in [0, 0.05) is 12.8 Å². The van der Waals surface area contributed by atoms with E-state index in [1.807, 2.05) is 0 Å². The summed E-state index contributed by atoms with van der Waals surface area (Å²) in [5.74, 6) is -1.98. The van der Waals surface area contributed by atoms with E-state index in [-0.39, 0.29) is 19.4 Å². The number of hydrogen-bond acceptors (Lipinski definition) is 11. The van der Waals surface area contributed by atoms with Crippen molar-refractivity contribution in [2.75, 3.05) is 19.0 Å². The van der Waals surface area contributed by atoms with Crippen molar-refractivity contribution in [3.63, 3.8) is 0 Å². The summed E-state index contributed by atoms with van der Waals surface area (Å²) >= 11 is 0. The van der Waals surface area contributed by atoms with E-state index < -0.39 is 71.2 Å². The highest BCUT2D eigenvalue weighted by molar-refractivity contribution is 7.85. The number of rotatable bonds is 45. The molecule has 0 amide bonds. The Bertz CT molecular complexity index is 1290. The molecule has 1 heterocycles. The molecule has 382 valence electrons. The van der Waals surface area contributed by atoms with Crippen LogP contribution in [-0.2, 0) is 38.7 Å². The minimum atomic E-state index is -4.60. The maximum absolute atomic E-state index is 12.9. The molecule has 1 fully saturated rings. The minimum Gasteiger partial charge on any atom is -0.462 e. The predicted octanol–water partition coefficient (Wildman–Crippen LogP) is 12.0. The first kappa shape index (κ1) is 61.1. The average molecular weight is 945 g/mol. The zero-order valence-corrected chi connectivity index (χ0v) is 41.9. The molecule has 6 atom stereocenters. The van der Waals surface area contributed by atoms with Crippen LogP contribution in [0.1, 0.15) is 239 Å². The summed E-state index contributed by atoms with van der Waals surface area (Å²) in [6.07, 6.45) is 39.3. The molecule has 0 spiro atoms. The molecule has 4 N–H and O–H groups in total. The second-order valence-electron chi connectivity index (χ2n) is 18.5. The first-order valence-electron chi connectivity index (χ1n) is 26.4. The zero-order chi connectivity index (χ0) is 47.6. The third-order valence-electron chi connectivity index (χ3n) is 12.3. The van der Waals surface area contributed by atoms with Crippen LogP contribution >= 0.6 is 0 Å². The molecule has 0 aromatic heterocycles. The van der Waals surface area contributed by atoms with Gasteiger partial charge in [0.1, 0.15) is 36.8 Å². The van der Waals surface area contributed by atoms with E-state index in [4.69, 9.17) is 18.9 Å². The smallest absolute Gasteiger partial charge is 0.306 e. The van der Waals surface area contributed by atoms with Crippen LogP contribution in [0, 0.1) is 0 Å². The van der Waals surface area contributed by atoms with Gasteiger partial charge in [-0.25, -0.2) is 0 Å². The van der Waals surface area contributed by atoms with Crippen molar-refractivity contribution in [3.05, 3.63) is 24.3 Å². The SMILES string of the molecule is CCCCC/C=C/C/C=C/CCCCCCCCCC(=O)O[C@H](COC(=O)CCCCCCCCCCCCCCCCCCCCCC)CO[C@H]1O[C@H](CS(=O)(=O)O)[C@@H](O)C(O)C1O. The molecular weight excluding hydrogens is 849 g/mol. The van der Waals surface area contributed by atoms with E-state index in [2.05, 4.69) is 38.2 Å². The average Bonchev–Trinajstić information content (AvgIpc) is 3.27. The first-order chi connectivity index (χ1) is 31.5. The summed E-state index contributed by atoms with van der Waals surface area (Å²) in [5.41, 5.74) is 0. The number of aliphatic hydroxyl groups is 3. The Labute approximate surface area is 396 Å². The molecule has 1 aliphatic heterocycles. The molecule has 65 heavy (non-hydrogen) atoms. The maximum Gasteiger partial charge on any atom is 0.306 e. The number of unbranched alkanes of at least 4 members (excludes halogenated alkanes) is 29. The lowest BCUT2D eigenvalue weighted by atomic mass is 10.00. The summed E-state index contributed by atoms with van der Waals surface area (Å²) < 4.78 is 54.3. The molecule has 2 unspecified atom stereocenters. The largest absolute Gasteiger partial charge is 0.462 e. The van der Waals surface area contributed by atoms with Crippen LogP contribution in [-0.4, -0.2) is 96.0 Å². The van der Waals surface area contributed by atoms with Crippen molar-refractivity contribution in [3.8, 4) is 0 Å². The van der Waals surface area contributed by atoms with Crippen molar-refractivity contribution in [1.29, 1.82) is 0 Å². The summed E-state index contributed by atoms with van der Waals surface area (Å²) in [4.78, 5) is 25.5. The highest BCUT2D eigenvalue weighted by Gasteiger charge is 2.46. The van der Waals surface area contributed by atoms with Gasteiger partial charge in [-0.2, -0.15) is 8.42 Å². The molecular formula is C52H96O12S. The highest BCUT2D eigenvalue weighted by atomic mass is 32.2. The van der Waals surface area contributed by atoms with E-state index in [0.29, 0.717) is 12.8 Å². The fourth-order valence-corrected chi connectivity index (χ4v) is 8.87. The highest BCUT2D eigenvalue weighted by Crippen LogP contribution is 2.24. The molecule has 1 rings (SSSR count). The Hall–Kier alpha value is -1.87. The fourth-order valence-electron chi connectivity index (χ4n) is 8.18. The molecule has 0 saturated carbocycles. The predicted molar refractivity (Wildman–Crippen MR) is 261 cm³/mol. The molecule has 0 aliphatic carbocycles. The van der Waals surface area contributed by atoms with Gasteiger partial charge in [0.2, 0.25) is 0 Å². The Kier molecular flexibility index (Phi) is 39.7. The zero-order valence-electron chi connectivity index (χ0n) is 41.1. The summed E-state index contributed by atoms with van der Waals surface area (Å²) in [7, 11) is -4.60. The molecule has 0 bridgehead atoms. The van der Waals surface area contributed by atoms with E-state index in [1.54, 1.807) is 0 Å². The van der Waals surface area contributed by atoms with Crippen LogP contribution in [0.25, 0.3) is 0 Å². The quantitative estimate of drug-likeness (QED) is 0.0196. The van der Waals surface area contributed by atoms with E-state index in [9.17, 15) is 37.9 Å². The lowest BCUT2D eigenvalue weighted by Gasteiger charge is -2.40. The van der Waals surface area contributed by atoms with Crippen LogP contribution in [0.15, 0.2) is 24.3 Å². The Balaban J connectivity index is 2.35. The van der Waals surface area contributed by atoms with Gasteiger partial charge < -0.3 is 34.3 Å². The van der Waals surface area contributed by atoms with Gasteiger partial charge in [0.15, 0.2) is 12.4 Å². The lowest BCUT2D eigenvalue weighted by Crippen LogP contribution is -2.60. The second-order valence-corrected chi connectivity index (χ2v) is 20.0. The number of carbonyl (C=O) groups is 2. The number of carbonyl (C=O) groups excluding carboxylic acids is 2. The lowest BCUT2D eigenvalue weighted by molar-refractivity contribution is -0.297. The van der Waals surface area contributed by atoms with Gasteiger partial charge >= 0.3 is 11.9 Å². The number of hydrogen-bond donors (Lipinski definition) is 4. The molecule has 1 saturated heterocycles. The summed E-state index contributed by atoms with van der Waals surface area (Å²) in [6.45, 7) is 3.77. The third-order valence-corrected chi connectivity index (χ3v) is 13.0. The van der Waals surface area contributed by atoms with Gasteiger partial charge in [-0.15, -0.1) is 0 Å². The minimum absolute atomic E-state index is 0.158. The molecule has 0 radical (unpaired) electrons. The third kappa shape index (κ3) is 36.8. The van der Waals surface area contributed by atoms with E-state index in [0.717, 1.165) is 57.8 Å². The molecule has 12 nitrogen and oxygen atoms in total. The van der Waals surface area contributed by atoms with Gasteiger partial charge in [0.25, 0.3) is 10.1 Å². The van der Waals surface area contributed by atoms with Gasteiger partial charge in [-0.1, -0.05) is 205 Å². The van der Waals surface area contributed by atoms with Gasteiger partial charge in [-0.05, 0) is 44.9 Å². The van der Waals surface area contributed by atoms with Crippen molar-refractivity contribution in [2.45, 2.75) is 275 Å². The molecule has 0 aromatic carbocycles. The van der Waals surface area contributed by atoms with Crippen LogP contribution in [0.3, 0.4) is 0 Å². The van der Waals surface area contributed by atoms with Crippen molar-refractivity contribution in [1.82, 2.24) is 0 Å². The molecule has 0 aromatic rings. The number of allylic oxidation sites excluding steroid dienone is 4. The van der Waals surface area contributed by atoms with Crippen molar-refractivity contribution < 1.29 is 56.8 Å². The monoisotopic (exact) mass is 945 g/mol. The fraction of sp³-hybridized carbons (Fsp3) is 0.885. The maximum atomic E-state index is 12.9. The molecule has 1 aliphatic rings. The van der Waals surface area contributed by atoms with E-state index >= 15 is 0 Å². The second kappa shape index (κ2) is 42.2. The Morgan fingerprint density at radius 3 is 1.38 bits per heavy atom. The van der Waals surface area contributed by atoms with Crippen LogP contribution in [0.5, 0.6) is 0 Å². The molecule has 13 heteroatoms. The Morgan fingerprint density at radius 1 is 0.523 bits per heavy atom. The van der Waals surface area contributed by atoms with E-state index in [1.165, 1.54) is 141 Å². The first-order valence-corrected chi connectivity index (χ1v) is 28.0. The standard InChI is InChI=1S/C52H96O12S/c1-3-5-7-9-11-13-15-17-19-21-22-23-25-26-28-30-32-34-36-38-40-47(53)61-42-45(43-62-52-51(57)50(56)49(55)46(64-52)44-65(58,59)60)63-48(54)41-39-37-35-33-31-29-27-24-20-18-16-14-12-10-8-6-4-2/h12,14,18,20,45-46,49-52,55-57H,3-11,13,15-17,19,21-44H2,1-2H3,(H,58,59,60)/b14-12+,20-18+/t45-,46-,49-,50?,51?,52+/m1/s1. The summed E-state index contributed by atoms with van der Waals surface area (Å²) in [6, 6.07) is 0. The van der Waals surface area contributed by atoms with Crippen LogP contribution in [0.4, 0.5) is 0 Å². The topological polar surface area (TPSA) is 186 Å². The number of aliphatic hydroxyl groups excluding tert-OH is 3.